The van der Waals surface area contributed by atoms with E-state index in [9.17, 15) is 22.4 Å². The molecule has 0 saturated heterocycles. The van der Waals surface area contributed by atoms with Gasteiger partial charge in [-0.05, 0) is 78.7 Å². The highest BCUT2D eigenvalue weighted by Gasteiger charge is 2.35. The molecule has 8 nitrogen and oxygen atoms in total. The van der Waals surface area contributed by atoms with Crippen molar-refractivity contribution in [3.05, 3.63) is 124 Å². The van der Waals surface area contributed by atoms with Crippen LogP contribution in [0.2, 0.25) is 10.0 Å². The molecule has 0 unspecified atom stereocenters. The van der Waals surface area contributed by atoms with Crippen LogP contribution < -0.4 is 14.4 Å². The SMILES string of the molecule is CCNC(=O)[C@H](Cc1ccccc1)N(Cc1ccc(Cl)cc1Cl)C(=O)CN(c1ccc(F)cc1)S(=O)(=O)c1ccc(OC)cc1. The highest BCUT2D eigenvalue weighted by molar-refractivity contribution is 7.92. The van der Waals surface area contributed by atoms with Gasteiger partial charge in [0.1, 0.15) is 24.2 Å². The van der Waals surface area contributed by atoms with Crippen LogP contribution in [0.25, 0.3) is 0 Å². The number of benzene rings is 4. The number of anilines is 1. The molecular weight excluding hydrogens is 640 g/mol. The van der Waals surface area contributed by atoms with Crippen LogP contribution in [-0.4, -0.2) is 51.4 Å². The maximum Gasteiger partial charge on any atom is 0.264 e. The van der Waals surface area contributed by atoms with Crippen molar-refractivity contribution in [1.82, 2.24) is 10.2 Å². The summed E-state index contributed by atoms with van der Waals surface area (Å²) >= 11 is 12.6. The molecule has 0 aliphatic rings. The molecule has 4 aromatic carbocycles. The van der Waals surface area contributed by atoms with Gasteiger partial charge in [0.15, 0.2) is 0 Å². The zero-order valence-electron chi connectivity index (χ0n) is 24.6. The maximum absolute atomic E-state index is 14.4. The first-order valence-corrected chi connectivity index (χ1v) is 16.2. The van der Waals surface area contributed by atoms with E-state index < -0.39 is 40.2 Å². The molecule has 2 amide bonds. The molecule has 0 aliphatic heterocycles. The number of ether oxygens (including phenoxy) is 1. The van der Waals surface area contributed by atoms with Gasteiger partial charge in [-0.3, -0.25) is 13.9 Å². The van der Waals surface area contributed by atoms with Gasteiger partial charge in [-0.25, -0.2) is 12.8 Å². The van der Waals surface area contributed by atoms with Crippen molar-refractivity contribution in [1.29, 1.82) is 0 Å². The van der Waals surface area contributed by atoms with Crippen LogP contribution in [0.4, 0.5) is 10.1 Å². The third kappa shape index (κ3) is 8.54. The largest absolute Gasteiger partial charge is 0.497 e. The van der Waals surface area contributed by atoms with Gasteiger partial charge in [-0.15, -0.1) is 0 Å². The van der Waals surface area contributed by atoms with Gasteiger partial charge in [0, 0.05) is 29.6 Å². The molecule has 45 heavy (non-hydrogen) atoms. The van der Waals surface area contributed by atoms with E-state index in [0.717, 1.165) is 22.0 Å². The normalized spacial score (nSPS) is 11.8. The van der Waals surface area contributed by atoms with Gasteiger partial charge in [0.2, 0.25) is 11.8 Å². The van der Waals surface area contributed by atoms with Gasteiger partial charge in [-0.1, -0.05) is 59.6 Å². The van der Waals surface area contributed by atoms with Crippen LogP contribution in [0.15, 0.2) is 102 Å². The molecule has 1 atom stereocenters. The molecule has 12 heteroatoms. The molecule has 0 fully saturated rings. The van der Waals surface area contributed by atoms with E-state index in [1.807, 2.05) is 30.3 Å². The summed E-state index contributed by atoms with van der Waals surface area (Å²) in [6.07, 6.45) is 0.144. The minimum absolute atomic E-state index is 0.0580. The van der Waals surface area contributed by atoms with Crippen LogP contribution >= 0.6 is 23.2 Å². The van der Waals surface area contributed by atoms with Gasteiger partial charge < -0.3 is 15.0 Å². The number of amides is 2. The Morgan fingerprint density at radius 1 is 0.933 bits per heavy atom. The molecule has 0 saturated carbocycles. The van der Waals surface area contributed by atoms with Crippen molar-refractivity contribution >= 4 is 50.7 Å². The Balaban J connectivity index is 1.81. The lowest BCUT2D eigenvalue weighted by atomic mass is 10.0. The summed E-state index contributed by atoms with van der Waals surface area (Å²) in [6, 6.07) is 23.3. The van der Waals surface area contributed by atoms with E-state index in [1.165, 1.54) is 54.5 Å². The first kappa shape index (κ1) is 33.8. The third-order valence-corrected chi connectivity index (χ3v) is 9.39. The fraction of sp³-hybridized carbons (Fsp3) is 0.212. The Bertz CT molecular complexity index is 1720. The van der Waals surface area contributed by atoms with Crippen LogP contribution in [0.3, 0.4) is 0 Å². The fourth-order valence-electron chi connectivity index (χ4n) is 4.69. The van der Waals surface area contributed by atoms with E-state index in [4.69, 9.17) is 27.9 Å². The van der Waals surface area contributed by atoms with E-state index in [-0.39, 0.29) is 28.6 Å². The lowest BCUT2D eigenvalue weighted by Gasteiger charge is -2.34. The van der Waals surface area contributed by atoms with Gasteiger partial charge in [0.05, 0.1) is 17.7 Å². The van der Waals surface area contributed by atoms with E-state index in [1.54, 1.807) is 19.1 Å². The first-order valence-electron chi connectivity index (χ1n) is 14.0. The molecule has 1 N–H and O–H groups in total. The predicted octanol–water partition coefficient (Wildman–Crippen LogP) is 6.11. The minimum atomic E-state index is -4.36. The van der Waals surface area contributed by atoms with Gasteiger partial charge >= 0.3 is 0 Å². The second-order valence-corrected chi connectivity index (χ2v) is 12.7. The number of sulfonamides is 1. The number of methoxy groups -OCH3 is 1. The van der Waals surface area contributed by atoms with Crippen molar-refractivity contribution in [2.75, 3.05) is 24.5 Å². The summed E-state index contributed by atoms with van der Waals surface area (Å²) in [5.74, 6) is -1.25. The zero-order chi connectivity index (χ0) is 32.6. The van der Waals surface area contributed by atoms with E-state index >= 15 is 0 Å². The van der Waals surface area contributed by atoms with Crippen molar-refractivity contribution < 1.29 is 27.1 Å². The van der Waals surface area contributed by atoms with Crippen LogP contribution in [0.5, 0.6) is 5.75 Å². The molecule has 0 heterocycles. The summed E-state index contributed by atoms with van der Waals surface area (Å²) in [7, 11) is -2.91. The monoisotopic (exact) mass is 671 g/mol. The van der Waals surface area contributed by atoms with Gasteiger partial charge in [0.25, 0.3) is 10.0 Å². The second-order valence-electron chi connectivity index (χ2n) is 10.0. The number of nitrogens with one attached hydrogen (secondary N) is 1. The molecule has 0 aromatic heterocycles. The number of rotatable bonds is 13. The number of hydrogen-bond acceptors (Lipinski definition) is 5. The number of nitrogens with zero attached hydrogens (tertiary/aromatic N) is 2. The Kier molecular flexibility index (Phi) is 11.4. The summed E-state index contributed by atoms with van der Waals surface area (Å²) in [5.41, 5.74) is 1.35. The summed E-state index contributed by atoms with van der Waals surface area (Å²) in [5, 5.41) is 3.46. The number of likely N-dealkylation sites (N-methyl/N-ethyl adjacent to an activating group) is 1. The lowest BCUT2D eigenvalue weighted by Crippen LogP contribution is -2.53. The first-order chi connectivity index (χ1) is 21.5. The predicted molar refractivity (Wildman–Crippen MR) is 174 cm³/mol. The second kappa shape index (κ2) is 15.2. The molecular formula is C33H32Cl2FN3O5S. The van der Waals surface area contributed by atoms with Crippen LogP contribution in [0, 0.1) is 5.82 Å². The van der Waals surface area contributed by atoms with Crippen molar-refractivity contribution in [3.8, 4) is 5.75 Å². The summed E-state index contributed by atoms with van der Waals surface area (Å²) in [4.78, 5) is 29.1. The number of carbonyl (C=O) groups excluding carboxylic acids is 2. The van der Waals surface area contributed by atoms with Crippen LogP contribution in [0.1, 0.15) is 18.1 Å². The van der Waals surface area contributed by atoms with Crippen molar-refractivity contribution in [2.45, 2.75) is 30.8 Å². The lowest BCUT2D eigenvalue weighted by molar-refractivity contribution is -0.140. The van der Waals surface area contributed by atoms with Crippen LogP contribution in [-0.2, 0) is 32.6 Å². The standard InChI is InChI=1S/C33H32Cl2FN3O5S/c1-3-37-33(41)31(19-23-7-5-4-6-8-23)38(21-24-9-10-25(34)20-30(24)35)32(40)22-39(27-13-11-26(36)12-14-27)45(42,43)29-17-15-28(44-2)16-18-29/h4-18,20,31H,3,19,21-22H2,1-2H3,(H,37,41)/t31-/m0/s1. The minimum Gasteiger partial charge on any atom is -0.497 e. The average molecular weight is 673 g/mol. The highest BCUT2D eigenvalue weighted by Crippen LogP contribution is 2.28. The van der Waals surface area contributed by atoms with Crippen molar-refractivity contribution in [3.63, 3.8) is 0 Å². The molecule has 4 rings (SSSR count). The Hall–Kier alpha value is -4.12. The van der Waals surface area contributed by atoms with E-state index in [0.29, 0.717) is 22.9 Å². The van der Waals surface area contributed by atoms with Crippen molar-refractivity contribution in [2.24, 2.45) is 0 Å². The number of carbonyl (C=O) groups is 2. The molecule has 4 aromatic rings. The van der Waals surface area contributed by atoms with Gasteiger partial charge in [-0.2, -0.15) is 0 Å². The number of hydrogen-bond donors (Lipinski definition) is 1. The zero-order valence-corrected chi connectivity index (χ0v) is 26.9. The maximum atomic E-state index is 14.4. The average Bonchev–Trinajstić information content (AvgIpc) is 3.03. The highest BCUT2D eigenvalue weighted by atomic mass is 35.5. The molecule has 0 aliphatic carbocycles. The third-order valence-electron chi connectivity index (χ3n) is 7.02. The fourth-order valence-corrected chi connectivity index (χ4v) is 6.57. The Morgan fingerprint density at radius 2 is 1.60 bits per heavy atom. The molecule has 0 radical (unpaired) electrons. The Morgan fingerprint density at radius 3 is 2.20 bits per heavy atom. The van der Waals surface area contributed by atoms with E-state index in [2.05, 4.69) is 5.32 Å². The quantitative estimate of drug-likeness (QED) is 0.185. The topological polar surface area (TPSA) is 96.0 Å². The number of halogens is 3. The summed E-state index contributed by atoms with van der Waals surface area (Å²) in [6.45, 7) is 1.25. The summed E-state index contributed by atoms with van der Waals surface area (Å²) < 4.78 is 48.0. The molecule has 236 valence electrons. The molecule has 0 bridgehead atoms. The smallest absolute Gasteiger partial charge is 0.264 e. The molecule has 0 spiro atoms. The Labute approximate surface area is 272 Å².